The number of nitrogens with one attached hydrogen (secondary N) is 1. The van der Waals surface area contributed by atoms with E-state index in [9.17, 15) is 13.2 Å². The molecule has 0 amide bonds. The first-order chi connectivity index (χ1) is 9.45. The third-order valence-electron chi connectivity index (χ3n) is 3.15. The molecule has 1 aliphatic rings. The average molecular weight is 319 g/mol. The lowest BCUT2D eigenvalue weighted by atomic mass is 10.1. The van der Waals surface area contributed by atoms with Gasteiger partial charge in [-0.05, 0) is 31.2 Å². The fourth-order valence-electron chi connectivity index (χ4n) is 2.13. The van der Waals surface area contributed by atoms with Crippen LogP contribution in [0.1, 0.15) is 29.4 Å². The van der Waals surface area contributed by atoms with Crippen molar-refractivity contribution < 1.29 is 22.7 Å². The van der Waals surface area contributed by atoms with Gasteiger partial charge in [0.15, 0.2) is 0 Å². The number of hydrogen-bond acceptors (Lipinski definition) is 6. The minimum atomic E-state index is -3.76. The van der Waals surface area contributed by atoms with Crippen molar-refractivity contribution in [1.29, 1.82) is 0 Å². The normalized spacial score (nSPS) is 20.8. The highest BCUT2D eigenvalue weighted by Gasteiger charge is 2.30. The summed E-state index contributed by atoms with van der Waals surface area (Å²) in [6.45, 7) is 2.42. The Morgan fingerprint density at radius 1 is 1.60 bits per heavy atom. The van der Waals surface area contributed by atoms with Gasteiger partial charge in [0.25, 0.3) is 0 Å². The molecule has 0 aromatic carbocycles. The zero-order valence-electron chi connectivity index (χ0n) is 11.3. The molecule has 1 aliphatic heterocycles. The van der Waals surface area contributed by atoms with E-state index < -0.39 is 16.0 Å². The molecule has 8 heteroatoms. The molecule has 0 aliphatic carbocycles. The quantitative estimate of drug-likeness (QED) is 0.829. The average Bonchev–Trinajstić information content (AvgIpc) is 3.08. The van der Waals surface area contributed by atoms with Gasteiger partial charge >= 0.3 is 5.97 Å². The molecule has 2 rings (SSSR count). The molecule has 112 valence electrons. The lowest BCUT2D eigenvalue weighted by Gasteiger charge is -2.19. The molecular weight excluding hydrogens is 302 g/mol. The lowest BCUT2D eigenvalue weighted by Crippen LogP contribution is -2.41. The van der Waals surface area contributed by atoms with Gasteiger partial charge in [-0.15, -0.1) is 11.3 Å². The largest absolute Gasteiger partial charge is 0.465 e. The van der Waals surface area contributed by atoms with Crippen LogP contribution in [0.4, 0.5) is 0 Å². The summed E-state index contributed by atoms with van der Waals surface area (Å²) in [5, 5.41) is 1.55. The van der Waals surface area contributed by atoms with Crippen LogP contribution in [0.2, 0.25) is 0 Å². The lowest BCUT2D eigenvalue weighted by molar-refractivity contribution is 0.0602. The van der Waals surface area contributed by atoms with E-state index in [0.717, 1.165) is 24.2 Å². The van der Waals surface area contributed by atoms with E-state index in [1.807, 2.05) is 0 Å². The Morgan fingerprint density at radius 2 is 2.35 bits per heavy atom. The second-order valence-corrected chi connectivity index (χ2v) is 7.17. The minimum Gasteiger partial charge on any atom is -0.465 e. The first-order valence-electron chi connectivity index (χ1n) is 6.25. The number of hydrogen-bond donors (Lipinski definition) is 1. The monoisotopic (exact) mass is 319 g/mol. The van der Waals surface area contributed by atoms with E-state index in [1.54, 1.807) is 12.3 Å². The number of rotatable bonds is 5. The Morgan fingerprint density at radius 3 is 2.95 bits per heavy atom. The van der Waals surface area contributed by atoms with Crippen molar-refractivity contribution in [3.63, 3.8) is 0 Å². The van der Waals surface area contributed by atoms with Gasteiger partial charge in [0.1, 0.15) is 9.77 Å². The summed E-state index contributed by atoms with van der Waals surface area (Å²) in [6, 6.07) is 1.06. The summed E-state index contributed by atoms with van der Waals surface area (Å²) in [5.74, 6) is -0.648. The summed E-state index contributed by atoms with van der Waals surface area (Å²) in [4.78, 5) is 11.6. The summed E-state index contributed by atoms with van der Waals surface area (Å²) in [7, 11) is -2.54. The highest BCUT2D eigenvalue weighted by Crippen LogP contribution is 2.24. The minimum absolute atomic E-state index is 0.0424. The SMILES string of the molecule is COC(=O)c1sccc1S(=O)(=O)N[C@@H](C)[C@H]1CCCO1. The Balaban J connectivity index is 2.18. The second-order valence-electron chi connectivity index (χ2n) is 4.57. The number of sulfonamides is 1. The van der Waals surface area contributed by atoms with Crippen molar-refractivity contribution in [2.45, 2.75) is 36.8 Å². The van der Waals surface area contributed by atoms with E-state index in [4.69, 9.17) is 4.74 Å². The van der Waals surface area contributed by atoms with Crippen LogP contribution in [-0.2, 0) is 19.5 Å². The molecule has 0 radical (unpaired) electrons. The summed E-state index contributed by atoms with van der Waals surface area (Å²) in [6.07, 6.45) is 1.64. The van der Waals surface area contributed by atoms with E-state index in [-0.39, 0.29) is 21.9 Å². The van der Waals surface area contributed by atoms with Gasteiger partial charge in [0, 0.05) is 12.6 Å². The fraction of sp³-hybridized carbons (Fsp3) is 0.583. The van der Waals surface area contributed by atoms with Gasteiger partial charge in [-0.2, -0.15) is 0 Å². The van der Waals surface area contributed by atoms with Crippen molar-refractivity contribution in [2.24, 2.45) is 0 Å². The fourth-order valence-corrected chi connectivity index (χ4v) is 4.74. The van der Waals surface area contributed by atoms with Gasteiger partial charge in [-0.3, -0.25) is 0 Å². The summed E-state index contributed by atoms with van der Waals surface area (Å²) in [5.41, 5.74) is 0. The molecule has 0 spiro atoms. The smallest absolute Gasteiger partial charge is 0.349 e. The molecular formula is C12H17NO5S2. The molecule has 2 atom stereocenters. The number of carbonyl (C=O) groups excluding carboxylic acids is 1. The number of ether oxygens (including phenoxy) is 2. The van der Waals surface area contributed by atoms with E-state index in [1.165, 1.54) is 13.2 Å². The van der Waals surface area contributed by atoms with Crippen LogP contribution in [0.5, 0.6) is 0 Å². The molecule has 1 aromatic rings. The number of esters is 1. The van der Waals surface area contributed by atoms with Crippen molar-refractivity contribution in [2.75, 3.05) is 13.7 Å². The van der Waals surface area contributed by atoms with Crippen LogP contribution in [0.3, 0.4) is 0 Å². The van der Waals surface area contributed by atoms with Crippen LogP contribution in [0.15, 0.2) is 16.3 Å². The zero-order valence-corrected chi connectivity index (χ0v) is 12.9. The predicted molar refractivity (Wildman–Crippen MR) is 74.4 cm³/mol. The van der Waals surface area contributed by atoms with Crippen LogP contribution in [-0.4, -0.2) is 40.2 Å². The molecule has 0 saturated carbocycles. The Hall–Kier alpha value is -0.960. The van der Waals surface area contributed by atoms with E-state index >= 15 is 0 Å². The zero-order chi connectivity index (χ0) is 14.8. The van der Waals surface area contributed by atoms with Crippen LogP contribution in [0, 0.1) is 0 Å². The first kappa shape index (κ1) is 15.4. The third-order valence-corrected chi connectivity index (χ3v) is 5.78. The highest BCUT2D eigenvalue weighted by atomic mass is 32.2. The summed E-state index contributed by atoms with van der Waals surface area (Å²) < 4.78 is 37.3. The predicted octanol–water partition coefficient (Wildman–Crippen LogP) is 1.38. The maximum Gasteiger partial charge on any atom is 0.349 e. The van der Waals surface area contributed by atoms with E-state index in [0.29, 0.717) is 6.61 Å². The Bertz CT molecular complexity index is 574. The Kier molecular flexibility index (Phi) is 4.79. The molecule has 1 fully saturated rings. The molecule has 1 N–H and O–H groups in total. The van der Waals surface area contributed by atoms with Gasteiger partial charge in [0.05, 0.1) is 13.2 Å². The molecule has 1 aromatic heterocycles. The van der Waals surface area contributed by atoms with Crippen LogP contribution in [0.25, 0.3) is 0 Å². The van der Waals surface area contributed by atoms with Gasteiger partial charge in [-0.25, -0.2) is 17.9 Å². The maximum atomic E-state index is 12.3. The second kappa shape index (κ2) is 6.21. The molecule has 0 bridgehead atoms. The topological polar surface area (TPSA) is 81.7 Å². The van der Waals surface area contributed by atoms with Crippen LogP contribution < -0.4 is 4.72 Å². The molecule has 2 heterocycles. The number of carbonyl (C=O) groups is 1. The highest BCUT2D eigenvalue weighted by molar-refractivity contribution is 7.89. The maximum absolute atomic E-state index is 12.3. The third kappa shape index (κ3) is 3.20. The van der Waals surface area contributed by atoms with Crippen molar-refractivity contribution in [3.05, 3.63) is 16.3 Å². The first-order valence-corrected chi connectivity index (χ1v) is 8.61. The molecule has 20 heavy (non-hydrogen) atoms. The molecule has 6 nitrogen and oxygen atoms in total. The van der Waals surface area contributed by atoms with Gasteiger partial charge < -0.3 is 9.47 Å². The Labute approximate surface area is 122 Å². The van der Waals surface area contributed by atoms with E-state index in [2.05, 4.69) is 9.46 Å². The molecule has 1 saturated heterocycles. The summed E-state index contributed by atoms with van der Waals surface area (Å²) >= 11 is 1.04. The standard InChI is InChI=1S/C12H17NO5S2/c1-8(9-4-3-6-18-9)13-20(15,16)10-5-7-19-11(10)12(14)17-2/h5,7-9,13H,3-4,6H2,1-2H3/t8-,9+/m0/s1. The van der Waals surface area contributed by atoms with Gasteiger partial charge in [0.2, 0.25) is 10.0 Å². The molecule has 0 unspecified atom stereocenters. The van der Waals surface area contributed by atoms with Crippen molar-refractivity contribution in [1.82, 2.24) is 4.72 Å². The van der Waals surface area contributed by atoms with Crippen LogP contribution >= 0.6 is 11.3 Å². The number of thiophene rings is 1. The van der Waals surface area contributed by atoms with Gasteiger partial charge in [-0.1, -0.05) is 0 Å². The number of methoxy groups -OCH3 is 1. The van der Waals surface area contributed by atoms with Crippen molar-refractivity contribution in [3.8, 4) is 0 Å². The van der Waals surface area contributed by atoms with Crippen molar-refractivity contribution >= 4 is 27.3 Å².